The minimum Gasteiger partial charge on any atom is -0.411 e. The molecule has 2 aromatic carbocycles. The Hall–Kier alpha value is -2.11. The number of hydrogen-bond acceptors (Lipinski definition) is 3. The van der Waals surface area contributed by atoms with Crippen molar-refractivity contribution in [2.24, 2.45) is 5.16 Å². The second-order valence-electron chi connectivity index (χ2n) is 7.97. The lowest BCUT2D eigenvalue weighted by Gasteiger charge is -2.40. The van der Waals surface area contributed by atoms with E-state index < -0.39 is 0 Å². The molecule has 1 aromatic heterocycles. The first kappa shape index (κ1) is 18.0. The SMILES string of the molecule is Cc1ccc2c(c1)c1c3n2CCN(CC(=NO)c2ccc(Br)cc2)[C@H]3CCC1. The monoisotopic (exact) mass is 437 g/mol. The van der Waals surface area contributed by atoms with Crippen molar-refractivity contribution in [3.05, 3.63) is 69.3 Å². The van der Waals surface area contributed by atoms with E-state index in [1.165, 1.54) is 47.0 Å². The fourth-order valence-electron chi connectivity index (χ4n) is 5.00. The average Bonchev–Trinajstić information content (AvgIpc) is 3.03. The highest BCUT2D eigenvalue weighted by molar-refractivity contribution is 9.10. The van der Waals surface area contributed by atoms with E-state index in [4.69, 9.17) is 0 Å². The smallest absolute Gasteiger partial charge is 0.101 e. The first-order valence-corrected chi connectivity index (χ1v) is 10.8. The maximum absolute atomic E-state index is 9.69. The standard InChI is InChI=1S/C23H24BrN3O/c1-15-5-10-21-19(13-15)18-3-2-4-22-23(18)27(21)12-11-26(22)14-20(25-28)16-6-8-17(24)9-7-16/h5-10,13,22,28H,2-4,11-12,14H2,1H3/t22-/m0/s1. The van der Waals surface area contributed by atoms with E-state index in [-0.39, 0.29) is 0 Å². The number of aromatic nitrogens is 1. The molecular formula is C23H24BrN3O. The highest BCUT2D eigenvalue weighted by atomic mass is 79.9. The van der Waals surface area contributed by atoms with E-state index in [0.717, 1.165) is 28.8 Å². The van der Waals surface area contributed by atoms with Crippen LogP contribution in [0, 0.1) is 6.92 Å². The lowest BCUT2D eigenvalue weighted by molar-refractivity contribution is 0.161. The summed E-state index contributed by atoms with van der Waals surface area (Å²) in [4.78, 5) is 2.50. The number of aryl methyl sites for hydroxylation is 2. The van der Waals surface area contributed by atoms with Crippen molar-refractivity contribution in [3.63, 3.8) is 0 Å². The number of rotatable bonds is 3. The normalized spacial score (nSPS) is 19.8. The van der Waals surface area contributed by atoms with Crippen molar-refractivity contribution in [2.45, 2.75) is 38.8 Å². The molecular weight excluding hydrogens is 414 g/mol. The molecule has 0 saturated heterocycles. The van der Waals surface area contributed by atoms with Gasteiger partial charge < -0.3 is 9.77 Å². The third-order valence-corrected chi connectivity index (χ3v) is 6.82. The number of oxime groups is 1. The Balaban J connectivity index is 1.51. The summed E-state index contributed by atoms with van der Waals surface area (Å²) in [7, 11) is 0. The molecule has 0 bridgehead atoms. The highest BCUT2D eigenvalue weighted by Gasteiger charge is 2.35. The summed E-state index contributed by atoms with van der Waals surface area (Å²) >= 11 is 3.48. The molecule has 1 N–H and O–H groups in total. The Morgan fingerprint density at radius 2 is 2.00 bits per heavy atom. The summed E-state index contributed by atoms with van der Waals surface area (Å²) in [5.41, 5.74) is 7.45. The van der Waals surface area contributed by atoms with Gasteiger partial charge in [0.2, 0.25) is 0 Å². The summed E-state index contributed by atoms with van der Waals surface area (Å²) < 4.78 is 3.57. The molecule has 2 heterocycles. The van der Waals surface area contributed by atoms with Crippen LogP contribution in [0.25, 0.3) is 10.9 Å². The number of fused-ring (bicyclic) bond motifs is 3. The number of benzene rings is 2. The van der Waals surface area contributed by atoms with Crippen LogP contribution in [0.2, 0.25) is 0 Å². The summed E-state index contributed by atoms with van der Waals surface area (Å²) in [6.07, 6.45) is 3.55. The van der Waals surface area contributed by atoms with Gasteiger partial charge >= 0.3 is 0 Å². The molecule has 0 unspecified atom stereocenters. The quantitative estimate of drug-likeness (QED) is 0.343. The molecule has 28 heavy (non-hydrogen) atoms. The first-order valence-electron chi connectivity index (χ1n) is 9.98. The van der Waals surface area contributed by atoms with Crippen LogP contribution in [0.15, 0.2) is 52.1 Å². The third-order valence-electron chi connectivity index (χ3n) is 6.29. The molecule has 3 aromatic rings. The fourth-order valence-corrected chi connectivity index (χ4v) is 5.26. The van der Waals surface area contributed by atoms with Crippen LogP contribution in [0.3, 0.4) is 0 Å². The zero-order chi connectivity index (χ0) is 19.3. The summed E-state index contributed by atoms with van der Waals surface area (Å²) in [6, 6.07) is 15.3. The van der Waals surface area contributed by atoms with Gasteiger partial charge in [0.1, 0.15) is 5.71 Å². The Kier molecular flexibility index (Phi) is 4.52. The molecule has 1 atom stereocenters. The van der Waals surface area contributed by atoms with Crippen LogP contribution in [-0.2, 0) is 13.0 Å². The predicted octanol–water partition coefficient (Wildman–Crippen LogP) is 5.28. The van der Waals surface area contributed by atoms with Gasteiger partial charge in [-0.2, -0.15) is 0 Å². The molecule has 5 heteroatoms. The Morgan fingerprint density at radius 3 is 2.79 bits per heavy atom. The van der Waals surface area contributed by atoms with Crippen molar-refractivity contribution < 1.29 is 5.21 Å². The van der Waals surface area contributed by atoms with Crippen molar-refractivity contribution in [1.82, 2.24) is 9.47 Å². The third kappa shape index (κ3) is 2.88. The molecule has 5 rings (SSSR count). The van der Waals surface area contributed by atoms with Crippen LogP contribution in [-0.4, -0.2) is 33.5 Å². The summed E-state index contributed by atoms with van der Waals surface area (Å²) in [6.45, 7) is 4.81. The molecule has 1 aliphatic heterocycles. The molecule has 0 saturated carbocycles. The summed E-state index contributed by atoms with van der Waals surface area (Å²) in [5, 5.41) is 14.8. The molecule has 4 nitrogen and oxygen atoms in total. The van der Waals surface area contributed by atoms with Crippen molar-refractivity contribution in [2.75, 3.05) is 13.1 Å². The topological polar surface area (TPSA) is 40.8 Å². The van der Waals surface area contributed by atoms with Crippen molar-refractivity contribution in [3.8, 4) is 0 Å². The molecule has 0 fully saturated rings. The second-order valence-corrected chi connectivity index (χ2v) is 8.88. The summed E-state index contributed by atoms with van der Waals surface area (Å²) in [5.74, 6) is 0. The van der Waals surface area contributed by atoms with Crippen LogP contribution in [0.1, 0.15) is 41.3 Å². The van der Waals surface area contributed by atoms with E-state index >= 15 is 0 Å². The van der Waals surface area contributed by atoms with E-state index in [9.17, 15) is 5.21 Å². The fraction of sp³-hybridized carbons (Fsp3) is 0.348. The molecule has 2 aliphatic rings. The molecule has 0 radical (unpaired) electrons. The lowest BCUT2D eigenvalue weighted by atomic mass is 9.89. The number of nitrogens with zero attached hydrogens (tertiary/aromatic N) is 3. The van der Waals surface area contributed by atoms with Gasteiger partial charge in [0.15, 0.2) is 0 Å². The van der Waals surface area contributed by atoms with Gasteiger partial charge in [-0.25, -0.2) is 0 Å². The second kappa shape index (κ2) is 7.05. The van der Waals surface area contributed by atoms with E-state index in [1.807, 2.05) is 24.3 Å². The van der Waals surface area contributed by atoms with Gasteiger partial charge in [-0.15, -0.1) is 0 Å². The molecule has 0 amide bonds. The van der Waals surface area contributed by atoms with Crippen molar-refractivity contribution in [1.29, 1.82) is 0 Å². The van der Waals surface area contributed by atoms with Gasteiger partial charge in [0.25, 0.3) is 0 Å². The van der Waals surface area contributed by atoms with Gasteiger partial charge in [0.05, 0.1) is 6.04 Å². The van der Waals surface area contributed by atoms with E-state index in [0.29, 0.717) is 12.6 Å². The van der Waals surface area contributed by atoms with Crippen LogP contribution < -0.4 is 0 Å². The van der Waals surface area contributed by atoms with Gasteiger partial charge in [0, 0.05) is 46.3 Å². The zero-order valence-electron chi connectivity index (χ0n) is 16.0. The Bertz CT molecular complexity index is 1070. The Morgan fingerprint density at radius 1 is 1.18 bits per heavy atom. The minimum absolute atomic E-state index is 0.400. The van der Waals surface area contributed by atoms with Crippen molar-refractivity contribution >= 4 is 32.5 Å². The average molecular weight is 438 g/mol. The molecule has 0 spiro atoms. The van der Waals surface area contributed by atoms with Crippen LogP contribution in [0.4, 0.5) is 0 Å². The minimum atomic E-state index is 0.400. The molecule has 144 valence electrons. The van der Waals surface area contributed by atoms with Gasteiger partial charge in [-0.1, -0.05) is 44.8 Å². The van der Waals surface area contributed by atoms with Gasteiger partial charge in [-0.3, -0.25) is 4.90 Å². The largest absolute Gasteiger partial charge is 0.411 e. The zero-order valence-corrected chi connectivity index (χ0v) is 17.6. The first-order chi connectivity index (χ1) is 13.7. The maximum Gasteiger partial charge on any atom is 0.101 e. The predicted molar refractivity (Wildman–Crippen MR) is 116 cm³/mol. The van der Waals surface area contributed by atoms with Gasteiger partial charge in [-0.05, 0) is 56.0 Å². The van der Waals surface area contributed by atoms with E-state index in [1.54, 1.807) is 0 Å². The van der Waals surface area contributed by atoms with Crippen LogP contribution in [0.5, 0.6) is 0 Å². The van der Waals surface area contributed by atoms with E-state index in [2.05, 4.69) is 55.7 Å². The number of hydrogen-bond donors (Lipinski definition) is 1. The molecule has 1 aliphatic carbocycles. The number of halogens is 1. The highest BCUT2D eigenvalue weighted by Crippen LogP contribution is 2.42. The maximum atomic E-state index is 9.69. The Labute approximate surface area is 173 Å². The lowest BCUT2D eigenvalue weighted by Crippen LogP contribution is -2.42. The van der Waals surface area contributed by atoms with Crippen LogP contribution >= 0.6 is 15.9 Å².